The van der Waals surface area contributed by atoms with Gasteiger partial charge in [-0.05, 0) is 61.1 Å². The van der Waals surface area contributed by atoms with E-state index in [4.69, 9.17) is 0 Å². The first-order valence-electron chi connectivity index (χ1n) is 19.5. The number of nitrogens with zero attached hydrogens (tertiary/aromatic N) is 6. The van der Waals surface area contributed by atoms with Crippen LogP contribution in [-0.4, -0.2) is 103 Å². The van der Waals surface area contributed by atoms with Crippen LogP contribution in [0.1, 0.15) is 55.6 Å². The summed E-state index contributed by atoms with van der Waals surface area (Å²) in [5, 5.41) is 16.7. The average molecular weight is 761 g/mol. The number of aliphatic hydroxyl groups is 1. The summed E-state index contributed by atoms with van der Waals surface area (Å²) in [5.74, 6) is -0.780. The van der Waals surface area contributed by atoms with Crippen molar-refractivity contribution < 1.29 is 24.3 Å². The molecular formula is C43H52N8O5. The maximum atomic E-state index is 14.4. The second-order valence-corrected chi connectivity index (χ2v) is 14.7. The number of hydrazine groups is 1. The number of hydrogen-bond donors (Lipinski definition) is 3. The molecule has 0 saturated carbocycles. The third-order valence-electron chi connectivity index (χ3n) is 10.6. The zero-order chi connectivity index (χ0) is 39.6. The molecule has 2 aromatic heterocycles. The average Bonchev–Trinajstić information content (AvgIpc) is 3.79. The number of benzene rings is 2. The van der Waals surface area contributed by atoms with Gasteiger partial charge >= 0.3 is 12.1 Å². The number of likely N-dealkylation sites (tertiary alicyclic amines) is 1. The second kappa shape index (κ2) is 18.8. The number of pyridine rings is 2. The van der Waals surface area contributed by atoms with E-state index in [0.29, 0.717) is 51.9 Å². The summed E-state index contributed by atoms with van der Waals surface area (Å²) >= 11 is 0. The van der Waals surface area contributed by atoms with Crippen LogP contribution in [0.2, 0.25) is 0 Å². The monoisotopic (exact) mass is 760 g/mol. The maximum absolute atomic E-state index is 14.4. The highest BCUT2D eigenvalue weighted by molar-refractivity contribution is 5.95. The Morgan fingerprint density at radius 2 is 1.68 bits per heavy atom. The van der Waals surface area contributed by atoms with Crippen molar-refractivity contribution in [2.45, 2.75) is 77.7 Å². The van der Waals surface area contributed by atoms with Crippen molar-refractivity contribution in [3.05, 3.63) is 120 Å². The summed E-state index contributed by atoms with van der Waals surface area (Å²) in [6.07, 6.45) is 2.41. The van der Waals surface area contributed by atoms with Crippen molar-refractivity contribution in [3.63, 3.8) is 0 Å². The van der Waals surface area contributed by atoms with Crippen LogP contribution in [0, 0.1) is 12.8 Å². The highest BCUT2D eigenvalue weighted by atomic mass is 16.3. The van der Waals surface area contributed by atoms with Gasteiger partial charge < -0.3 is 20.2 Å². The van der Waals surface area contributed by atoms with E-state index in [1.54, 1.807) is 21.0 Å². The number of rotatable bonds is 16. The van der Waals surface area contributed by atoms with E-state index in [1.165, 1.54) is 4.90 Å². The fourth-order valence-corrected chi connectivity index (χ4v) is 7.34. The van der Waals surface area contributed by atoms with Gasteiger partial charge in [0.15, 0.2) is 0 Å². The normalized spacial score (nSPS) is 16.6. The highest BCUT2D eigenvalue weighted by Crippen LogP contribution is 2.24. The number of imide groups is 1. The molecule has 2 fully saturated rings. The molecule has 56 heavy (non-hydrogen) atoms. The molecule has 6 amide bonds. The molecule has 0 bridgehead atoms. The number of urea groups is 2. The first-order valence-corrected chi connectivity index (χ1v) is 19.5. The predicted molar refractivity (Wildman–Crippen MR) is 212 cm³/mol. The topological polar surface area (TPSA) is 151 Å². The van der Waals surface area contributed by atoms with Crippen LogP contribution < -0.4 is 10.7 Å². The summed E-state index contributed by atoms with van der Waals surface area (Å²) in [7, 11) is 0. The molecule has 6 rings (SSSR count). The van der Waals surface area contributed by atoms with Crippen molar-refractivity contribution in [3.8, 4) is 11.3 Å². The van der Waals surface area contributed by atoms with E-state index < -0.39 is 24.2 Å². The number of aromatic nitrogens is 2. The summed E-state index contributed by atoms with van der Waals surface area (Å²) in [4.78, 5) is 67.7. The molecule has 2 aliphatic rings. The van der Waals surface area contributed by atoms with Crippen LogP contribution >= 0.6 is 0 Å². The van der Waals surface area contributed by atoms with E-state index >= 15 is 0 Å². The molecule has 13 heteroatoms. The SMILES string of the molecule is CC[C@H](C)[C@@H](C(=O)N[C@@H](Cc1ccccc1)C(O)CN(Cc1ccc(-c2ccccn2)cc1)NC(=O)N1CCCC1=O)N1CCN(Cc2cccc(C)n2)C1=O. The first kappa shape index (κ1) is 40.0. The number of nitrogens with one attached hydrogen (secondary N) is 2. The van der Waals surface area contributed by atoms with Crippen LogP contribution in [0.25, 0.3) is 11.3 Å². The van der Waals surface area contributed by atoms with Crippen LogP contribution in [0.4, 0.5) is 9.59 Å². The Hall–Kier alpha value is -5.66. The minimum atomic E-state index is -1.17. The molecule has 4 atom stereocenters. The van der Waals surface area contributed by atoms with Crippen LogP contribution in [0.3, 0.4) is 0 Å². The van der Waals surface area contributed by atoms with Gasteiger partial charge in [0.2, 0.25) is 11.8 Å². The number of carbonyl (C=O) groups is 4. The molecule has 294 valence electrons. The largest absolute Gasteiger partial charge is 0.390 e. The third-order valence-corrected chi connectivity index (χ3v) is 10.6. The predicted octanol–water partition coefficient (Wildman–Crippen LogP) is 4.94. The van der Waals surface area contributed by atoms with E-state index in [1.807, 2.05) is 112 Å². The minimum absolute atomic E-state index is 0.0680. The quantitative estimate of drug-likeness (QED) is 0.136. The fraction of sp³-hybridized carbons (Fsp3) is 0.395. The number of hydrogen-bond acceptors (Lipinski definition) is 8. The van der Waals surface area contributed by atoms with E-state index in [2.05, 4.69) is 20.7 Å². The third kappa shape index (κ3) is 10.1. The number of aryl methyl sites for hydroxylation is 1. The van der Waals surface area contributed by atoms with Crippen molar-refractivity contribution in [2.24, 2.45) is 5.92 Å². The molecule has 2 aromatic carbocycles. The molecular weight excluding hydrogens is 709 g/mol. The molecule has 2 saturated heterocycles. The standard InChI is InChI=1S/C43H52N8O5/c1-4-30(2)40(51-25-24-48(43(51)56)28-35-15-10-12-31(3)45-35)41(54)46-37(26-32-13-6-5-7-14-32)38(52)29-49(47-42(55)50-23-11-17-39(50)53)27-33-18-20-34(21-19-33)36-16-8-9-22-44-36/h5-10,12-16,18-22,30,37-38,40,52H,4,11,17,23-29H2,1-3H3,(H,46,54)(H,47,55)/t30-,37-,38?,40-/m0/s1. The Morgan fingerprint density at radius 1 is 0.911 bits per heavy atom. The van der Waals surface area contributed by atoms with Gasteiger partial charge in [-0.3, -0.25) is 29.9 Å². The zero-order valence-electron chi connectivity index (χ0n) is 32.4. The molecule has 4 aromatic rings. The lowest BCUT2D eigenvalue weighted by Crippen LogP contribution is -2.58. The molecule has 0 aliphatic carbocycles. The van der Waals surface area contributed by atoms with Gasteiger partial charge in [0, 0.05) is 56.6 Å². The molecule has 3 N–H and O–H groups in total. The minimum Gasteiger partial charge on any atom is -0.390 e. The van der Waals surface area contributed by atoms with E-state index in [-0.39, 0.29) is 36.9 Å². The number of aliphatic hydroxyl groups excluding tert-OH is 1. The lowest BCUT2D eigenvalue weighted by molar-refractivity contribution is -0.129. The Balaban J connectivity index is 1.22. The Bertz CT molecular complexity index is 1950. The van der Waals surface area contributed by atoms with Crippen LogP contribution in [-0.2, 0) is 29.1 Å². The lowest BCUT2D eigenvalue weighted by Gasteiger charge is -2.35. The van der Waals surface area contributed by atoms with E-state index in [9.17, 15) is 24.3 Å². The van der Waals surface area contributed by atoms with Gasteiger partial charge in [0.05, 0.1) is 30.1 Å². The van der Waals surface area contributed by atoms with Crippen LogP contribution in [0.5, 0.6) is 0 Å². The zero-order valence-corrected chi connectivity index (χ0v) is 32.4. The van der Waals surface area contributed by atoms with Gasteiger partial charge in [-0.15, -0.1) is 0 Å². The molecule has 2 aliphatic heterocycles. The van der Waals surface area contributed by atoms with Crippen LogP contribution in [0.15, 0.2) is 97.2 Å². The van der Waals surface area contributed by atoms with Gasteiger partial charge in [0.25, 0.3) is 0 Å². The maximum Gasteiger partial charge on any atom is 0.338 e. The molecule has 1 unspecified atom stereocenters. The first-order chi connectivity index (χ1) is 27.1. The Labute approximate surface area is 328 Å². The van der Waals surface area contributed by atoms with Gasteiger partial charge in [0.1, 0.15) is 6.04 Å². The molecule has 4 heterocycles. The second-order valence-electron chi connectivity index (χ2n) is 14.7. The molecule has 0 radical (unpaired) electrons. The summed E-state index contributed by atoms with van der Waals surface area (Å²) in [6.45, 7) is 7.51. The Morgan fingerprint density at radius 3 is 2.36 bits per heavy atom. The summed E-state index contributed by atoms with van der Waals surface area (Å²) in [6, 6.07) is 26.4. The lowest BCUT2D eigenvalue weighted by atomic mass is 9.95. The number of amides is 6. The van der Waals surface area contributed by atoms with Crippen molar-refractivity contribution in [2.75, 3.05) is 26.2 Å². The van der Waals surface area contributed by atoms with Gasteiger partial charge in [-0.25, -0.2) is 14.6 Å². The molecule has 13 nitrogen and oxygen atoms in total. The number of carbonyl (C=O) groups excluding carboxylic acids is 4. The van der Waals surface area contributed by atoms with Gasteiger partial charge in [-0.2, -0.15) is 0 Å². The van der Waals surface area contributed by atoms with Crippen molar-refractivity contribution >= 4 is 23.9 Å². The summed E-state index contributed by atoms with van der Waals surface area (Å²) < 4.78 is 0. The smallest absolute Gasteiger partial charge is 0.338 e. The highest BCUT2D eigenvalue weighted by Gasteiger charge is 2.41. The fourth-order valence-electron chi connectivity index (χ4n) is 7.34. The van der Waals surface area contributed by atoms with Crippen molar-refractivity contribution in [1.29, 1.82) is 0 Å². The molecule has 0 spiro atoms. The van der Waals surface area contributed by atoms with Gasteiger partial charge in [-0.1, -0.05) is 87.0 Å². The van der Waals surface area contributed by atoms with E-state index in [0.717, 1.165) is 33.8 Å². The summed E-state index contributed by atoms with van der Waals surface area (Å²) in [5.41, 5.74) is 8.02. The van der Waals surface area contributed by atoms with Crippen molar-refractivity contribution in [1.82, 2.24) is 40.4 Å². The Kier molecular flexibility index (Phi) is 13.4.